The number of hydrogen-bond acceptors (Lipinski definition) is 7. The lowest BCUT2D eigenvalue weighted by Gasteiger charge is -2.43. The number of aliphatic hydroxyl groups is 1. The summed E-state index contributed by atoms with van der Waals surface area (Å²) >= 11 is 0. The van der Waals surface area contributed by atoms with Crippen LogP contribution in [0.1, 0.15) is 26.5 Å². The first-order valence-corrected chi connectivity index (χ1v) is 10.8. The van der Waals surface area contributed by atoms with Gasteiger partial charge in [-0.05, 0) is 38.0 Å². The van der Waals surface area contributed by atoms with E-state index in [0.29, 0.717) is 12.5 Å². The second-order valence-electron chi connectivity index (χ2n) is 8.66. The SMILES string of the molecule is Cc1cc(Nc2ncn(-c3ccccc3)n2)cc(N2CCNC([C@](C)(O)C(C)C)C2)n1. The second-order valence-corrected chi connectivity index (χ2v) is 8.66. The zero-order valence-electron chi connectivity index (χ0n) is 18.6. The number of hydrogen-bond donors (Lipinski definition) is 3. The Balaban J connectivity index is 1.52. The molecule has 1 unspecified atom stereocenters. The van der Waals surface area contributed by atoms with Crippen molar-refractivity contribution in [3.8, 4) is 5.69 Å². The average Bonchev–Trinajstić information content (AvgIpc) is 3.22. The van der Waals surface area contributed by atoms with E-state index < -0.39 is 5.60 Å². The van der Waals surface area contributed by atoms with Gasteiger partial charge in [0.1, 0.15) is 12.1 Å². The molecule has 3 N–H and O–H groups in total. The molecule has 0 spiro atoms. The van der Waals surface area contributed by atoms with Crippen LogP contribution in [0.4, 0.5) is 17.5 Å². The number of para-hydroxylation sites is 1. The first kappa shape index (κ1) is 21.3. The molecule has 0 radical (unpaired) electrons. The summed E-state index contributed by atoms with van der Waals surface area (Å²) in [5, 5.41) is 22.2. The minimum absolute atomic E-state index is 0.0248. The van der Waals surface area contributed by atoms with Gasteiger partial charge in [0.25, 0.3) is 0 Å². The Hall–Kier alpha value is -2.97. The van der Waals surface area contributed by atoms with Crippen molar-refractivity contribution in [3.63, 3.8) is 0 Å². The van der Waals surface area contributed by atoms with Gasteiger partial charge in [-0.25, -0.2) is 9.67 Å². The van der Waals surface area contributed by atoms with Crippen LogP contribution in [0.15, 0.2) is 48.8 Å². The van der Waals surface area contributed by atoms with E-state index in [1.54, 1.807) is 11.0 Å². The van der Waals surface area contributed by atoms with E-state index in [4.69, 9.17) is 4.98 Å². The van der Waals surface area contributed by atoms with E-state index in [-0.39, 0.29) is 12.0 Å². The molecule has 0 amide bonds. The Kier molecular flexibility index (Phi) is 5.93. The normalized spacial score (nSPS) is 18.8. The lowest BCUT2D eigenvalue weighted by atomic mass is 9.84. The Labute approximate surface area is 183 Å². The first-order valence-electron chi connectivity index (χ1n) is 10.8. The number of nitrogens with zero attached hydrogens (tertiary/aromatic N) is 5. The Bertz CT molecular complexity index is 1020. The van der Waals surface area contributed by atoms with Gasteiger partial charge in [0, 0.05) is 37.1 Å². The van der Waals surface area contributed by atoms with Gasteiger partial charge >= 0.3 is 0 Å². The highest BCUT2D eigenvalue weighted by Crippen LogP contribution is 2.27. The largest absolute Gasteiger partial charge is 0.388 e. The maximum absolute atomic E-state index is 10.9. The number of aromatic nitrogens is 4. The number of nitrogens with one attached hydrogen (secondary N) is 2. The number of benzene rings is 1. The van der Waals surface area contributed by atoms with Crippen LogP contribution in [0, 0.1) is 12.8 Å². The first-order chi connectivity index (χ1) is 14.8. The maximum Gasteiger partial charge on any atom is 0.246 e. The molecule has 0 bridgehead atoms. The molecule has 8 heteroatoms. The second kappa shape index (κ2) is 8.64. The van der Waals surface area contributed by atoms with Gasteiger partial charge in [-0.1, -0.05) is 32.0 Å². The molecule has 4 rings (SSSR count). The van der Waals surface area contributed by atoms with Gasteiger partial charge in [-0.2, -0.15) is 4.98 Å². The lowest BCUT2D eigenvalue weighted by molar-refractivity contribution is -0.0231. The van der Waals surface area contributed by atoms with E-state index in [1.807, 2.05) is 56.3 Å². The summed E-state index contributed by atoms with van der Waals surface area (Å²) in [6.07, 6.45) is 1.70. The molecule has 3 heterocycles. The fourth-order valence-corrected chi connectivity index (χ4v) is 3.79. The number of piperazine rings is 1. The topological polar surface area (TPSA) is 91.1 Å². The molecule has 164 valence electrons. The van der Waals surface area contributed by atoms with Crippen molar-refractivity contribution in [2.24, 2.45) is 5.92 Å². The van der Waals surface area contributed by atoms with Gasteiger partial charge in [0.2, 0.25) is 5.95 Å². The molecule has 1 aliphatic heterocycles. The predicted molar refractivity (Wildman–Crippen MR) is 123 cm³/mol. The summed E-state index contributed by atoms with van der Waals surface area (Å²) in [6.45, 7) is 10.3. The molecule has 0 saturated carbocycles. The van der Waals surface area contributed by atoms with Crippen molar-refractivity contribution in [1.29, 1.82) is 0 Å². The van der Waals surface area contributed by atoms with Crippen molar-refractivity contribution in [3.05, 3.63) is 54.5 Å². The highest BCUT2D eigenvalue weighted by molar-refractivity contribution is 5.60. The zero-order valence-corrected chi connectivity index (χ0v) is 18.6. The third kappa shape index (κ3) is 4.70. The summed E-state index contributed by atoms with van der Waals surface area (Å²) < 4.78 is 1.74. The minimum atomic E-state index is -0.794. The van der Waals surface area contributed by atoms with E-state index in [2.05, 4.69) is 39.5 Å². The van der Waals surface area contributed by atoms with Crippen molar-refractivity contribution in [2.45, 2.75) is 39.3 Å². The molecule has 1 fully saturated rings. The summed E-state index contributed by atoms with van der Waals surface area (Å²) in [6, 6.07) is 13.9. The third-order valence-corrected chi connectivity index (χ3v) is 6.08. The van der Waals surface area contributed by atoms with Gasteiger partial charge in [0.05, 0.1) is 17.3 Å². The third-order valence-electron chi connectivity index (χ3n) is 6.08. The standard InChI is InChI=1S/C23H31N7O/c1-16(2)23(4,31)20-14-29(11-10-24-20)21-13-18(12-17(3)26-21)27-22-25-15-30(28-22)19-8-6-5-7-9-19/h5-9,12-13,15-16,20,24,31H,10-11,14H2,1-4H3,(H,26,27,28)/t20?,23-/m1/s1. The van der Waals surface area contributed by atoms with Crippen LogP contribution < -0.4 is 15.5 Å². The molecule has 2 atom stereocenters. The lowest BCUT2D eigenvalue weighted by Crippen LogP contribution is -2.62. The van der Waals surface area contributed by atoms with E-state index in [9.17, 15) is 5.11 Å². The van der Waals surface area contributed by atoms with Crippen LogP contribution >= 0.6 is 0 Å². The molecule has 1 saturated heterocycles. The van der Waals surface area contributed by atoms with Crippen molar-refractivity contribution < 1.29 is 5.11 Å². The Morgan fingerprint density at radius 1 is 1.23 bits per heavy atom. The van der Waals surface area contributed by atoms with Crippen LogP contribution in [0.25, 0.3) is 5.69 Å². The fraction of sp³-hybridized carbons (Fsp3) is 0.435. The Morgan fingerprint density at radius 3 is 2.74 bits per heavy atom. The molecule has 8 nitrogen and oxygen atoms in total. The van der Waals surface area contributed by atoms with Crippen LogP contribution in [-0.2, 0) is 0 Å². The smallest absolute Gasteiger partial charge is 0.246 e. The molecule has 2 aromatic heterocycles. The highest BCUT2D eigenvalue weighted by atomic mass is 16.3. The van der Waals surface area contributed by atoms with Gasteiger partial charge < -0.3 is 20.6 Å². The Morgan fingerprint density at radius 2 is 2.00 bits per heavy atom. The number of rotatable bonds is 6. The molecule has 1 aromatic carbocycles. The van der Waals surface area contributed by atoms with Crippen molar-refractivity contribution >= 4 is 17.5 Å². The summed E-state index contributed by atoms with van der Waals surface area (Å²) in [5.41, 5.74) is 1.96. The maximum atomic E-state index is 10.9. The number of aryl methyl sites for hydroxylation is 1. The fourth-order valence-electron chi connectivity index (χ4n) is 3.79. The zero-order chi connectivity index (χ0) is 22.0. The van der Waals surface area contributed by atoms with Gasteiger partial charge in [0.15, 0.2) is 0 Å². The summed E-state index contributed by atoms with van der Waals surface area (Å²) in [5.74, 6) is 1.57. The van der Waals surface area contributed by atoms with E-state index in [1.165, 1.54) is 0 Å². The van der Waals surface area contributed by atoms with Crippen molar-refractivity contribution in [1.82, 2.24) is 25.1 Å². The summed E-state index contributed by atoms with van der Waals surface area (Å²) in [4.78, 5) is 11.4. The van der Waals surface area contributed by atoms with Crippen LogP contribution in [0.5, 0.6) is 0 Å². The van der Waals surface area contributed by atoms with Gasteiger partial charge in [-0.3, -0.25) is 0 Å². The molecule has 3 aromatic rings. The molecular weight excluding hydrogens is 390 g/mol. The molecule has 31 heavy (non-hydrogen) atoms. The number of pyridine rings is 1. The number of anilines is 3. The molecular formula is C23H31N7O. The molecule has 0 aliphatic carbocycles. The predicted octanol–water partition coefficient (Wildman–Crippen LogP) is 2.90. The summed E-state index contributed by atoms with van der Waals surface area (Å²) in [7, 11) is 0. The minimum Gasteiger partial charge on any atom is -0.388 e. The monoisotopic (exact) mass is 421 g/mol. The van der Waals surface area contributed by atoms with Crippen LogP contribution in [-0.4, -0.2) is 56.1 Å². The van der Waals surface area contributed by atoms with Crippen LogP contribution in [0.2, 0.25) is 0 Å². The quantitative estimate of drug-likeness (QED) is 0.564. The van der Waals surface area contributed by atoms with E-state index in [0.717, 1.165) is 36.0 Å². The molecule has 1 aliphatic rings. The van der Waals surface area contributed by atoms with Crippen molar-refractivity contribution in [2.75, 3.05) is 29.9 Å². The van der Waals surface area contributed by atoms with E-state index >= 15 is 0 Å². The highest BCUT2D eigenvalue weighted by Gasteiger charge is 2.38. The van der Waals surface area contributed by atoms with Gasteiger partial charge in [-0.15, -0.1) is 5.10 Å². The van der Waals surface area contributed by atoms with Crippen LogP contribution in [0.3, 0.4) is 0 Å². The average molecular weight is 422 g/mol.